The van der Waals surface area contributed by atoms with Crippen LogP contribution in [0, 0.1) is 6.92 Å². The number of methoxy groups -OCH3 is 1. The van der Waals surface area contributed by atoms with Crippen LogP contribution in [0.25, 0.3) is 6.08 Å². The lowest BCUT2D eigenvalue weighted by Crippen LogP contribution is -2.48. The molecular formula is C20H24ClF3N4O5. The number of guanidine groups is 1. The number of fused-ring (bicyclic) bond motifs is 1. The molecule has 182 valence electrons. The first kappa shape index (κ1) is 26.3. The minimum absolute atomic E-state index is 0.0278. The van der Waals surface area contributed by atoms with Crippen molar-refractivity contribution in [1.82, 2.24) is 10.8 Å². The van der Waals surface area contributed by atoms with Crippen LogP contribution < -0.4 is 21.3 Å². The maximum atomic E-state index is 13.7. The minimum atomic E-state index is -4.88. The first-order valence-corrected chi connectivity index (χ1v) is 10.2. The highest BCUT2D eigenvalue weighted by Crippen LogP contribution is 2.40. The summed E-state index contributed by atoms with van der Waals surface area (Å²) in [6, 6.07) is 1.64. The molecule has 1 heterocycles. The third-order valence-electron chi connectivity index (χ3n) is 4.75. The van der Waals surface area contributed by atoms with Gasteiger partial charge in [0.1, 0.15) is 11.8 Å². The third-order valence-corrected chi connectivity index (χ3v) is 4.96. The number of hydrogen-bond acceptors (Lipinski definition) is 6. The van der Waals surface area contributed by atoms with Gasteiger partial charge >= 0.3 is 12.1 Å². The molecule has 0 saturated carbocycles. The van der Waals surface area contributed by atoms with Crippen LogP contribution in [0.5, 0.6) is 5.75 Å². The molecule has 13 heteroatoms. The summed E-state index contributed by atoms with van der Waals surface area (Å²) >= 11 is 5.99. The summed E-state index contributed by atoms with van der Waals surface area (Å²) in [5.41, 5.74) is 6.83. The fourth-order valence-corrected chi connectivity index (χ4v) is 3.49. The lowest BCUT2D eigenvalue weighted by Gasteiger charge is -2.30. The molecule has 0 spiro atoms. The smallest absolute Gasteiger partial charge is 0.429 e. The monoisotopic (exact) mass is 492 g/mol. The zero-order valence-electron chi connectivity index (χ0n) is 17.8. The number of aryl methyl sites for hydroxylation is 1. The molecule has 0 aliphatic carbocycles. The summed E-state index contributed by atoms with van der Waals surface area (Å²) in [5.74, 6) is -2.16. The quantitative estimate of drug-likeness (QED) is 0.144. The Balaban J connectivity index is 2.22. The van der Waals surface area contributed by atoms with E-state index in [-0.39, 0.29) is 35.3 Å². The Morgan fingerprint density at radius 3 is 2.67 bits per heavy atom. The highest BCUT2D eigenvalue weighted by Gasteiger charge is 2.49. The van der Waals surface area contributed by atoms with E-state index < -0.39 is 35.8 Å². The van der Waals surface area contributed by atoms with Crippen LogP contribution in [0.15, 0.2) is 22.7 Å². The van der Waals surface area contributed by atoms with E-state index in [1.54, 1.807) is 12.4 Å². The van der Waals surface area contributed by atoms with Crippen LogP contribution in [0.1, 0.15) is 30.4 Å². The van der Waals surface area contributed by atoms with Gasteiger partial charge in [-0.15, -0.1) is 0 Å². The number of benzene rings is 1. The molecule has 0 radical (unpaired) electrons. The van der Waals surface area contributed by atoms with E-state index in [9.17, 15) is 22.8 Å². The van der Waals surface area contributed by atoms with Gasteiger partial charge in [-0.05, 0) is 50.0 Å². The molecule has 1 aliphatic heterocycles. The molecule has 0 fully saturated rings. The second kappa shape index (κ2) is 11.2. The second-order valence-electron chi connectivity index (χ2n) is 7.20. The number of carbonyl (C=O) groups excluding carboxylic acids is 2. The van der Waals surface area contributed by atoms with Crippen LogP contribution in [-0.2, 0) is 14.3 Å². The molecule has 2 rings (SSSR count). The van der Waals surface area contributed by atoms with Gasteiger partial charge in [0.25, 0.3) is 5.91 Å². The lowest BCUT2D eigenvalue weighted by atomic mass is 9.98. The molecule has 9 nitrogen and oxygen atoms in total. The number of alkyl halides is 3. The standard InChI is InChI=1S/C20H24ClF3N4O5/c1-10-7-12(21)8-11-9-13(16(20(22,23)24)33-15(10)11)17(29)27-14(18(30)32-2)5-3-4-6-26-19(25)28-31/h7-9,14,16,31H,3-6H2,1-2H3,(H,27,29)(H3,25,26,28)/t14-,16-/m0/s1. The van der Waals surface area contributed by atoms with Crippen molar-refractivity contribution in [3.05, 3.63) is 33.9 Å². The highest BCUT2D eigenvalue weighted by atomic mass is 35.5. The molecule has 0 bridgehead atoms. The first-order valence-electron chi connectivity index (χ1n) is 9.81. The summed E-state index contributed by atoms with van der Waals surface area (Å²) < 4.78 is 50.9. The number of rotatable bonds is 8. The van der Waals surface area contributed by atoms with Gasteiger partial charge in [0, 0.05) is 17.1 Å². The average Bonchev–Trinajstić information content (AvgIpc) is 2.75. The summed E-state index contributed by atoms with van der Waals surface area (Å²) in [4.78, 5) is 28.7. The molecule has 5 N–H and O–H groups in total. The molecule has 1 aromatic carbocycles. The van der Waals surface area contributed by atoms with Crippen molar-refractivity contribution in [3.8, 4) is 5.75 Å². The van der Waals surface area contributed by atoms with Crippen molar-refractivity contribution in [3.63, 3.8) is 0 Å². The van der Waals surface area contributed by atoms with Crippen LogP contribution >= 0.6 is 11.6 Å². The number of esters is 1. The van der Waals surface area contributed by atoms with E-state index in [0.717, 1.165) is 13.2 Å². The summed E-state index contributed by atoms with van der Waals surface area (Å²) in [5, 5.41) is 11.1. The average molecular weight is 493 g/mol. The first-order chi connectivity index (χ1) is 15.5. The number of nitrogens with zero attached hydrogens (tertiary/aromatic N) is 1. The molecule has 0 saturated heterocycles. The van der Waals surface area contributed by atoms with Gasteiger partial charge in [0.05, 0.1) is 12.7 Å². The second-order valence-corrected chi connectivity index (χ2v) is 7.64. The van der Waals surface area contributed by atoms with Crippen LogP contribution in [0.4, 0.5) is 13.2 Å². The molecule has 33 heavy (non-hydrogen) atoms. The van der Waals surface area contributed by atoms with Gasteiger partial charge in [-0.25, -0.2) is 10.3 Å². The zero-order chi connectivity index (χ0) is 24.8. The van der Waals surface area contributed by atoms with Crippen LogP contribution in [-0.4, -0.2) is 55.0 Å². The van der Waals surface area contributed by atoms with Gasteiger partial charge in [0.15, 0.2) is 0 Å². The van der Waals surface area contributed by atoms with Crippen molar-refractivity contribution >= 4 is 35.5 Å². The van der Waals surface area contributed by atoms with E-state index in [1.165, 1.54) is 12.1 Å². The molecule has 1 aromatic rings. The summed E-state index contributed by atoms with van der Waals surface area (Å²) in [6.07, 6.45) is -5.49. The fourth-order valence-electron chi connectivity index (χ4n) is 3.20. The van der Waals surface area contributed by atoms with E-state index in [1.807, 2.05) is 0 Å². The number of amides is 1. The Morgan fingerprint density at radius 1 is 1.36 bits per heavy atom. The Hall–Kier alpha value is -2.99. The Morgan fingerprint density at radius 2 is 2.06 bits per heavy atom. The van der Waals surface area contributed by atoms with Gasteiger partial charge in [-0.1, -0.05) is 11.6 Å². The minimum Gasteiger partial charge on any atom is -0.475 e. The fraction of sp³-hybridized carbons (Fsp3) is 0.450. The zero-order valence-corrected chi connectivity index (χ0v) is 18.6. The van der Waals surface area contributed by atoms with E-state index >= 15 is 0 Å². The van der Waals surface area contributed by atoms with Crippen molar-refractivity contribution in [2.45, 2.75) is 44.5 Å². The number of carbonyl (C=O) groups is 2. The molecule has 1 amide bonds. The van der Waals surface area contributed by atoms with Crippen molar-refractivity contribution < 1.29 is 37.4 Å². The molecule has 0 unspecified atom stereocenters. The number of hydrogen-bond donors (Lipinski definition) is 4. The maximum absolute atomic E-state index is 13.7. The van der Waals surface area contributed by atoms with Gasteiger partial charge in [-0.3, -0.25) is 15.0 Å². The maximum Gasteiger partial charge on any atom is 0.429 e. The predicted molar refractivity (Wildman–Crippen MR) is 114 cm³/mol. The Kier molecular flexibility index (Phi) is 8.94. The largest absolute Gasteiger partial charge is 0.475 e. The SMILES string of the molecule is COC(=O)[C@H](CCCCN=C(N)NO)NC(=O)C1=Cc2cc(Cl)cc(C)c2O[C@@H]1C(F)(F)F. The number of halogens is 4. The van der Waals surface area contributed by atoms with E-state index in [0.29, 0.717) is 18.4 Å². The molecular weight excluding hydrogens is 469 g/mol. The van der Waals surface area contributed by atoms with Crippen molar-refractivity contribution in [2.24, 2.45) is 10.7 Å². The van der Waals surface area contributed by atoms with Gasteiger partial charge < -0.3 is 20.5 Å². The number of unbranched alkanes of at least 4 members (excludes halogenated alkanes) is 1. The van der Waals surface area contributed by atoms with Gasteiger partial charge in [0.2, 0.25) is 12.1 Å². The lowest BCUT2D eigenvalue weighted by molar-refractivity contribution is -0.185. The van der Waals surface area contributed by atoms with Gasteiger partial charge in [-0.2, -0.15) is 13.2 Å². The summed E-state index contributed by atoms with van der Waals surface area (Å²) in [7, 11) is 1.10. The predicted octanol–water partition coefficient (Wildman–Crippen LogP) is 2.48. The summed E-state index contributed by atoms with van der Waals surface area (Å²) in [6.45, 7) is 1.76. The van der Waals surface area contributed by atoms with Crippen molar-refractivity contribution in [2.75, 3.05) is 13.7 Å². The number of aliphatic imine (C=N–C) groups is 1. The van der Waals surface area contributed by atoms with Crippen LogP contribution in [0.2, 0.25) is 5.02 Å². The molecule has 1 aliphatic rings. The number of ether oxygens (including phenoxy) is 2. The number of nitrogens with two attached hydrogens (primary N) is 1. The normalized spacial score (nSPS) is 16.8. The topological polar surface area (TPSA) is 135 Å². The van der Waals surface area contributed by atoms with Crippen LogP contribution in [0.3, 0.4) is 0 Å². The van der Waals surface area contributed by atoms with E-state index in [2.05, 4.69) is 15.0 Å². The van der Waals surface area contributed by atoms with E-state index in [4.69, 9.17) is 27.3 Å². The van der Waals surface area contributed by atoms with Crippen molar-refractivity contribution in [1.29, 1.82) is 0 Å². The Bertz CT molecular complexity index is 952. The Labute approximate surface area is 192 Å². The molecule has 2 atom stereocenters. The molecule has 0 aromatic heterocycles. The number of hydroxylamine groups is 1. The third kappa shape index (κ3) is 6.99. The highest BCUT2D eigenvalue weighted by molar-refractivity contribution is 6.30. The number of nitrogens with one attached hydrogen (secondary N) is 2.